The number of carbonyl (C=O) groups excluding carboxylic acids is 1. The molecule has 37 heavy (non-hydrogen) atoms. The van der Waals surface area contributed by atoms with Crippen LogP contribution in [0, 0.1) is 6.92 Å². The highest BCUT2D eigenvalue weighted by Gasteiger charge is 2.33. The van der Waals surface area contributed by atoms with Crippen LogP contribution in [0.2, 0.25) is 0 Å². The number of benzene rings is 2. The van der Waals surface area contributed by atoms with Gasteiger partial charge in [-0.05, 0) is 74.4 Å². The Bertz CT molecular complexity index is 1500. The Morgan fingerprint density at radius 1 is 1.16 bits per heavy atom. The molecule has 2 aromatic carbocycles. The maximum atomic E-state index is 13.7. The van der Waals surface area contributed by atoms with Gasteiger partial charge in [0.1, 0.15) is 16.6 Å². The number of sulfonamides is 1. The molecule has 2 N–H and O–H groups in total. The Balaban J connectivity index is 1.45. The molecule has 1 aliphatic carbocycles. The van der Waals surface area contributed by atoms with Crippen molar-refractivity contribution in [1.29, 1.82) is 0 Å². The monoisotopic (exact) mass is 541 g/mol. The molecular weight excluding hydrogens is 514 g/mol. The van der Waals surface area contributed by atoms with E-state index in [1.54, 1.807) is 36.4 Å². The highest BCUT2D eigenvalue weighted by Crippen LogP contribution is 2.38. The first-order chi connectivity index (χ1) is 17.7. The molecule has 1 unspecified atom stereocenters. The van der Waals surface area contributed by atoms with Gasteiger partial charge in [-0.2, -0.15) is 0 Å². The Hall–Kier alpha value is -3.44. The van der Waals surface area contributed by atoms with E-state index in [1.807, 2.05) is 6.92 Å². The molecule has 0 saturated heterocycles. The number of amides is 1. The molecule has 2 aliphatic rings. The average molecular weight is 542 g/mol. The number of aliphatic carboxylic acids is 1. The number of aromatic nitrogens is 1. The van der Waals surface area contributed by atoms with E-state index in [0.717, 1.165) is 28.8 Å². The van der Waals surface area contributed by atoms with Crippen LogP contribution in [0.15, 0.2) is 41.3 Å². The number of carboxylic acid groups (broad SMARTS) is 1. The number of hydrogen-bond donors (Lipinski definition) is 2. The fourth-order valence-electron chi connectivity index (χ4n) is 4.92. The first kappa shape index (κ1) is 25.2. The molecule has 0 spiro atoms. The SMILES string of the molecule is COc1ccc(C)cc1S(=O)(=O)N1CCCc2ccc(C(=O)Nc3nc4c(s3)CCCC4C(=O)O)cc21. The van der Waals surface area contributed by atoms with Crippen molar-refractivity contribution in [3.8, 4) is 5.75 Å². The van der Waals surface area contributed by atoms with Gasteiger partial charge in [0.05, 0.1) is 18.5 Å². The standard InChI is InChI=1S/C26H27N3O6S2/c1-15-8-11-20(35-2)22(13-15)37(33,34)29-12-4-5-16-9-10-17(14-19(16)29)24(30)28-26-27-23-18(25(31)32)6-3-7-21(23)36-26/h8-11,13-14,18H,3-7,12H2,1-2H3,(H,31,32)(H,27,28,30). The Labute approximate surface area is 219 Å². The number of carboxylic acids is 1. The third-order valence-corrected chi connectivity index (χ3v) is 9.66. The van der Waals surface area contributed by atoms with Crippen molar-refractivity contribution in [2.45, 2.75) is 49.8 Å². The van der Waals surface area contributed by atoms with Crippen molar-refractivity contribution < 1.29 is 27.9 Å². The Morgan fingerprint density at radius 2 is 1.97 bits per heavy atom. The number of thiazole rings is 1. The van der Waals surface area contributed by atoms with Crippen molar-refractivity contribution >= 4 is 44.1 Å². The summed E-state index contributed by atoms with van der Waals surface area (Å²) in [6.45, 7) is 2.10. The molecule has 1 amide bonds. The molecule has 194 valence electrons. The summed E-state index contributed by atoms with van der Waals surface area (Å²) in [6, 6.07) is 10.1. The summed E-state index contributed by atoms with van der Waals surface area (Å²) < 4.78 is 34.2. The van der Waals surface area contributed by atoms with Gasteiger partial charge < -0.3 is 9.84 Å². The minimum absolute atomic E-state index is 0.0825. The molecule has 1 aliphatic heterocycles. The fraction of sp³-hybridized carbons (Fsp3) is 0.346. The summed E-state index contributed by atoms with van der Waals surface area (Å²) in [6.07, 6.45) is 3.38. The van der Waals surface area contributed by atoms with Gasteiger partial charge in [0.15, 0.2) is 5.13 Å². The zero-order chi connectivity index (χ0) is 26.3. The zero-order valence-electron chi connectivity index (χ0n) is 20.5. The van der Waals surface area contributed by atoms with Crippen LogP contribution in [-0.4, -0.2) is 44.0 Å². The summed E-state index contributed by atoms with van der Waals surface area (Å²) in [5.74, 6) is -1.74. The van der Waals surface area contributed by atoms with Gasteiger partial charge in [0, 0.05) is 17.0 Å². The van der Waals surface area contributed by atoms with Gasteiger partial charge >= 0.3 is 5.97 Å². The van der Waals surface area contributed by atoms with Crippen LogP contribution in [0.5, 0.6) is 5.75 Å². The second-order valence-electron chi connectivity index (χ2n) is 9.24. The van der Waals surface area contributed by atoms with E-state index >= 15 is 0 Å². The number of anilines is 2. The number of carbonyl (C=O) groups is 2. The third kappa shape index (κ3) is 4.69. The summed E-state index contributed by atoms with van der Waals surface area (Å²) in [5, 5.41) is 12.6. The highest BCUT2D eigenvalue weighted by molar-refractivity contribution is 7.93. The van der Waals surface area contributed by atoms with E-state index in [-0.39, 0.29) is 17.2 Å². The molecule has 0 radical (unpaired) electrons. The quantitative estimate of drug-likeness (QED) is 0.475. The molecule has 2 heterocycles. The molecule has 11 heteroatoms. The highest BCUT2D eigenvalue weighted by atomic mass is 32.2. The molecule has 1 atom stereocenters. The van der Waals surface area contributed by atoms with Crippen LogP contribution in [-0.2, 0) is 27.7 Å². The summed E-state index contributed by atoms with van der Waals surface area (Å²) in [5.41, 5.74) is 2.91. The molecule has 3 aromatic rings. The lowest BCUT2D eigenvalue weighted by Gasteiger charge is -2.31. The number of fused-ring (bicyclic) bond motifs is 2. The van der Waals surface area contributed by atoms with Gasteiger partial charge in [-0.25, -0.2) is 13.4 Å². The average Bonchev–Trinajstić information content (AvgIpc) is 3.30. The number of nitrogens with one attached hydrogen (secondary N) is 1. The van der Waals surface area contributed by atoms with Crippen LogP contribution < -0.4 is 14.4 Å². The maximum absolute atomic E-state index is 13.7. The van der Waals surface area contributed by atoms with Crippen molar-refractivity contribution in [3.63, 3.8) is 0 Å². The summed E-state index contributed by atoms with van der Waals surface area (Å²) in [7, 11) is -2.51. The van der Waals surface area contributed by atoms with Gasteiger partial charge in [-0.3, -0.25) is 19.2 Å². The second kappa shape index (κ2) is 9.79. The lowest BCUT2D eigenvalue weighted by Crippen LogP contribution is -2.36. The van der Waals surface area contributed by atoms with E-state index < -0.39 is 27.8 Å². The Kier molecular flexibility index (Phi) is 6.67. The number of methoxy groups -OCH3 is 1. The van der Waals surface area contributed by atoms with E-state index in [2.05, 4.69) is 10.3 Å². The number of ether oxygens (including phenoxy) is 1. The van der Waals surface area contributed by atoms with Gasteiger partial charge in [-0.15, -0.1) is 11.3 Å². The van der Waals surface area contributed by atoms with Crippen molar-refractivity contribution in [1.82, 2.24) is 4.98 Å². The normalized spacial score (nSPS) is 17.0. The van der Waals surface area contributed by atoms with Crippen molar-refractivity contribution in [2.75, 3.05) is 23.3 Å². The minimum atomic E-state index is -3.95. The second-order valence-corrected chi connectivity index (χ2v) is 12.2. The topological polar surface area (TPSA) is 126 Å². The Morgan fingerprint density at radius 3 is 2.73 bits per heavy atom. The van der Waals surface area contributed by atoms with Crippen LogP contribution in [0.3, 0.4) is 0 Å². The molecule has 0 saturated carbocycles. The van der Waals surface area contributed by atoms with Gasteiger partial charge in [0.25, 0.3) is 15.9 Å². The number of rotatable bonds is 6. The van der Waals surface area contributed by atoms with E-state index in [0.29, 0.717) is 41.3 Å². The van der Waals surface area contributed by atoms with Gasteiger partial charge in [0.2, 0.25) is 0 Å². The lowest BCUT2D eigenvalue weighted by molar-refractivity contribution is -0.139. The van der Waals surface area contributed by atoms with E-state index in [9.17, 15) is 23.1 Å². The zero-order valence-corrected chi connectivity index (χ0v) is 22.1. The van der Waals surface area contributed by atoms with Crippen LogP contribution in [0.1, 0.15) is 57.2 Å². The van der Waals surface area contributed by atoms with E-state index in [1.165, 1.54) is 22.8 Å². The predicted molar refractivity (Wildman–Crippen MR) is 140 cm³/mol. The third-order valence-electron chi connectivity index (χ3n) is 6.78. The molecule has 9 nitrogen and oxygen atoms in total. The van der Waals surface area contributed by atoms with Crippen LogP contribution in [0.4, 0.5) is 10.8 Å². The number of hydrogen-bond acceptors (Lipinski definition) is 7. The van der Waals surface area contributed by atoms with Crippen LogP contribution >= 0.6 is 11.3 Å². The molecule has 0 bridgehead atoms. The molecular formula is C26H27N3O6S2. The molecule has 1 aromatic heterocycles. The predicted octanol–water partition coefficient (Wildman–Crippen LogP) is 4.36. The smallest absolute Gasteiger partial charge is 0.312 e. The molecule has 0 fully saturated rings. The number of aryl methyl sites for hydroxylation is 3. The lowest BCUT2D eigenvalue weighted by atomic mass is 9.91. The largest absolute Gasteiger partial charge is 0.495 e. The van der Waals surface area contributed by atoms with Crippen molar-refractivity contribution in [2.24, 2.45) is 0 Å². The number of nitrogens with zero attached hydrogens (tertiary/aromatic N) is 2. The fourth-order valence-corrected chi connectivity index (χ4v) is 7.75. The van der Waals surface area contributed by atoms with E-state index in [4.69, 9.17) is 4.74 Å². The maximum Gasteiger partial charge on any atom is 0.312 e. The summed E-state index contributed by atoms with van der Waals surface area (Å²) in [4.78, 5) is 30.1. The first-order valence-corrected chi connectivity index (χ1v) is 14.3. The molecule has 5 rings (SSSR count). The van der Waals surface area contributed by atoms with Gasteiger partial charge in [-0.1, -0.05) is 12.1 Å². The minimum Gasteiger partial charge on any atom is -0.495 e. The first-order valence-electron chi connectivity index (χ1n) is 12.0. The van der Waals surface area contributed by atoms with Crippen LogP contribution in [0.25, 0.3) is 0 Å². The summed E-state index contributed by atoms with van der Waals surface area (Å²) >= 11 is 1.29. The van der Waals surface area contributed by atoms with Crippen molar-refractivity contribution in [3.05, 3.63) is 63.7 Å².